The molecule has 0 radical (unpaired) electrons. The summed E-state index contributed by atoms with van der Waals surface area (Å²) in [6, 6.07) is 12.6. The lowest BCUT2D eigenvalue weighted by Gasteiger charge is -2.19. The Morgan fingerprint density at radius 3 is 2.88 bits per heavy atom. The minimum atomic E-state index is 0.0323. The fraction of sp³-hybridized carbons (Fsp3) is 0.269. The van der Waals surface area contributed by atoms with E-state index < -0.39 is 0 Å². The highest BCUT2D eigenvalue weighted by Crippen LogP contribution is 2.31. The van der Waals surface area contributed by atoms with Gasteiger partial charge in [-0.2, -0.15) is 10.1 Å². The van der Waals surface area contributed by atoms with E-state index in [0.717, 1.165) is 47.6 Å². The van der Waals surface area contributed by atoms with Crippen LogP contribution in [0.2, 0.25) is 0 Å². The van der Waals surface area contributed by atoms with Crippen molar-refractivity contribution < 1.29 is 5.11 Å². The third kappa shape index (κ3) is 4.64. The maximum Gasteiger partial charge on any atom is 0.229 e. The van der Waals surface area contributed by atoms with Crippen LogP contribution in [0.25, 0.3) is 11.1 Å². The number of anilines is 4. The number of aryl methyl sites for hydroxylation is 1. The zero-order valence-corrected chi connectivity index (χ0v) is 19.5. The highest BCUT2D eigenvalue weighted by Gasteiger charge is 2.15. The van der Waals surface area contributed by atoms with Gasteiger partial charge in [-0.3, -0.25) is 4.68 Å². The first-order valence-corrected chi connectivity index (χ1v) is 11.5. The molecule has 3 heterocycles. The minimum absolute atomic E-state index is 0.0323. The maximum atomic E-state index is 9.25. The molecule has 0 bridgehead atoms. The van der Waals surface area contributed by atoms with Gasteiger partial charge in [-0.15, -0.1) is 0 Å². The van der Waals surface area contributed by atoms with Gasteiger partial charge in [-0.25, -0.2) is 4.98 Å². The highest BCUT2D eigenvalue weighted by atomic mass is 16.3. The van der Waals surface area contributed by atoms with Crippen LogP contribution >= 0.6 is 0 Å². The van der Waals surface area contributed by atoms with Gasteiger partial charge in [0.1, 0.15) is 5.82 Å². The number of hydrogen-bond donors (Lipinski definition) is 4. The monoisotopic (exact) mass is 455 g/mol. The number of nitrogens with zero attached hydrogens (tertiary/aromatic N) is 4. The predicted molar refractivity (Wildman–Crippen MR) is 135 cm³/mol. The van der Waals surface area contributed by atoms with Crippen molar-refractivity contribution in [3.8, 4) is 11.1 Å². The van der Waals surface area contributed by atoms with Crippen molar-refractivity contribution >= 4 is 23.1 Å². The number of aliphatic hydroxyl groups is 1. The quantitative estimate of drug-likeness (QED) is 0.333. The normalized spacial score (nSPS) is 12.9. The number of aromatic nitrogens is 4. The zero-order valence-electron chi connectivity index (χ0n) is 19.5. The topological polar surface area (TPSA) is 99.9 Å². The molecule has 0 amide bonds. The minimum Gasteiger partial charge on any atom is -0.394 e. The van der Waals surface area contributed by atoms with Gasteiger partial charge < -0.3 is 21.1 Å². The summed E-state index contributed by atoms with van der Waals surface area (Å²) in [5, 5.41) is 23.9. The summed E-state index contributed by atoms with van der Waals surface area (Å²) in [4.78, 5) is 9.43. The lowest BCUT2D eigenvalue weighted by molar-refractivity contribution is 0.269. The Kier molecular flexibility index (Phi) is 6.24. The number of nitrogens with one attached hydrogen (secondary N) is 3. The van der Waals surface area contributed by atoms with Crippen molar-refractivity contribution in [3.05, 3.63) is 77.2 Å². The maximum absolute atomic E-state index is 9.25. The second kappa shape index (κ2) is 9.62. The summed E-state index contributed by atoms with van der Waals surface area (Å²) in [6.07, 6.45) is 6.52. The van der Waals surface area contributed by atoms with Gasteiger partial charge in [0, 0.05) is 41.4 Å². The Morgan fingerprint density at radius 1 is 1.09 bits per heavy atom. The molecule has 0 fully saturated rings. The lowest BCUT2D eigenvalue weighted by Crippen LogP contribution is -2.23. The van der Waals surface area contributed by atoms with E-state index in [4.69, 9.17) is 4.98 Å². The summed E-state index contributed by atoms with van der Waals surface area (Å²) in [6.45, 7) is 6.53. The van der Waals surface area contributed by atoms with Gasteiger partial charge in [0.15, 0.2) is 0 Å². The van der Waals surface area contributed by atoms with Crippen LogP contribution in [0.4, 0.5) is 23.1 Å². The van der Waals surface area contributed by atoms with Crippen LogP contribution in [-0.4, -0.2) is 38.0 Å². The van der Waals surface area contributed by atoms with Gasteiger partial charge >= 0.3 is 0 Å². The zero-order chi connectivity index (χ0) is 23.5. The van der Waals surface area contributed by atoms with Gasteiger partial charge in [0.2, 0.25) is 5.95 Å². The van der Waals surface area contributed by atoms with E-state index in [2.05, 4.69) is 64.1 Å². The molecule has 4 aromatic rings. The molecule has 0 spiro atoms. The number of rotatable bonds is 7. The Balaban J connectivity index is 1.51. The number of hydrogen-bond acceptors (Lipinski definition) is 7. The van der Waals surface area contributed by atoms with Crippen molar-refractivity contribution in [1.29, 1.82) is 0 Å². The number of fused-ring (bicyclic) bond motifs is 1. The fourth-order valence-electron chi connectivity index (χ4n) is 4.18. The van der Waals surface area contributed by atoms with Gasteiger partial charge in [0.25, 0.3) is 0 Å². The molecule has 8 heteroatoms. The standard InChI is InChI=1S/C26H29N7O/c1-17-4-3-5-24(18(17)2)31-26-28-15-23(21-14-29-33(16-21)10-11-34)25(32-26)30-22-7-6-19-8-9-27-13-20(19)12-22/h3-7,12,14-16,27,34H,8-11,13H2,1-2H3,(H2,28,30,31,32). The molecule has 0 saturated carbocycles. The lowest BCUT2D eigenvalue weighted by atomic mass is 10.0. The molecule has 2 aromatic heterocycles. The van der Waals surface area contributed by atoms with Crippen LogP contribution in [0.3, 0.4) is 0 Å². The Hall–Kier alpha value is -3.75. The van der Waals surface area contributed by atoms with E-state index in [1.54, 1.807) is 10.9 Å². The van der Waals surface area contributed by atoms with E-state index in [-0.39, 0.29) is 6.61 Å². The molecule has 5 rings (SSSR count). The molecule has 0 unspecified atom stereocenters. The number of benzene rings is 2. The van der Waals surface area contributed by atoms with E-state index >= 15 is 0 Å². The molecule has 4 N–H and O–H groups in total. The average Bonchev–Trinajstić information content (AvgIpc) is 3.31. The summed E-state index contributed by atoms with van der Waals surface area (Å²) < 4.78 is 1.71. The van der Waals surface area contributed by atoms with E-state index in [1.807, 2.05) is 24.5 Å². The van der Waals surface area contributed by atoms with Crippen LogP contribution in [0.1, 0.15) is 22.3 Å². The van der Waals surface area contributed by atoms with Crippen LogP contribution in [-0.2, 0) is 19.5 Å². The molecule has 0 aliphatic carbocycles. The van der Waals surface area contributed by atoms with Gasteiger partial charge in [0.05, 0.1) is 19.3 Å². The molecule has 8 nitrogen and oxygen atoms in total. The van der Waals surface area contributed by atoms with Crippen LogP contribution < -0.4 is 16.0 Å². The molecule has 1 aliphatic rings. The van der Waals surface area contributed by atoms with E-state index in [0.29, 0.717) is 18.3 Å². The molecular formula is C26H29N7O. The van der Waals surface area contributed by atoms with Crippen LogP contribution in [0.5, 0.6) is 0 Å². The third-order valence-corrected chi connectivity index (χ3v) is 6.27. The van der Waals surface area contributed by atoms with Gasteiger partial charge in [-0.05, 0) is 67.3 Å². The second-order valence-electron chi connectivity index (χ2n) is 8.58. The average molecular weight is 456 g/mol. The Morgan fingerprint density at radius 2 is 2.00 bits per heavy atom. The molecule has 174 valence electrons. The predicted octanol–water partition coefficient (Wildman–Crippen LogP) is 4.08. The van der Waals surface area contributed by atoms with Crippen molar-refractivity contribution in [1.82, 2.24) is 25.1 Å². The first-order chi connectivity index (χ1) is 16.6. The summed E-state index contributed by atoms with van der Waals surface area (Å²) >= 11 is 0. The van der Waals surface area contributed by atoms with Gasteiger partial charge in [-0.1, -0.05) is 18.2 Å². The first kappa shape index (κ1) is 22.1. The second-order valence-corrected chi connectivity index (χ2v) is 8.58. The van der Waals surface area contributed by atoms with Crippen molar-refractivity contribution in [2.24, 2.45) is 0 Å². The van der Waals surface area contributed by atoms with Crippen LogP contribution in [0.15, 0.2) is 55.0 Å². The molecule has 0 saturated heterocycles. The largest absolute Gasteiger partial charge is 0.394 e. The smallest absolute Gasteiger partial charge is 0.229 e. The van der Waals surface area contributed by atoms with Crippen molar-refractivity contribution in [2.75, 3.05) is 23.8 Å². The van der Waals surface area contributed by atoms with Crippen molar-refractivity contribution in [3.63, 3.8) is 0 Å². The molecule has 34 heavy (non-hydrogen) atoms. The summed E-state index contributed by atoms with van der Waals surface area (Å²) in [5.41, 5.74) is 8.74. The molecular weight excluding hydrogens is 426 g/mol. The Bertz CT molecular complexity index is 1310. The summed E-state index contributed by atoms with van der Waals surface area (Å²) in [5.74, 6) is 1.21. The van der Waals surface area contributed by atoms with E-state index in [9.17, 15) is 5.11 Å². The summed E-state index contributed by atoms with van der Waals surface area (Å²) in [7, 11) is 0. The fourth-order valence-corrected chi connectivity index (χ4v) is 4.18. The molecule has 1 aliphatic heterocycles. The Labute approximate surface area is 199 Å². The molecule has 0 atom stereocenters. The van der Waals surface area contributed by atoms with Crippen LogP contribution in [0, 0.1) is 13.8 Å². The SMILES string of the molecule is Cc1cccc(Nc2ncc(-c3cnn(CCO)c3)c(Nc3ccc4c(c3)CNCC4)n2)c1C. The molecule has 2 aromatic carbocycles. The first-order valence-electron chi connectivity index (χ1n) is 11.5. The third-order valence-electron chi connectivity index (χ3n) is 6.27. The van der Waals surface area contributed by atoms with Crippen molar-refractivity contribution in [2.45, 2.75) is 33.4 Å². The van der Waals surface area contributed by atoms with E-state index in [1.165, 1.54) is 16.7 Å². The number of aliphatic hydroxyl groups excluding tert-OH is 1. The highest BCUT2D eigenvalue weighted by molar-refractivity contribution is 5.78.